The Labute approximate surface area is 131 Å². The second-order valence-electron chi connectivity index (χ2n) is 4.88. The Morgan fingerprint density at radius 1 is 1.50 bits per heavy atom. The number of hydrogen-bond donors (Lipinski definition) is 2. The molecule has 0 radical (unpaired) electrons. The molecule has 0 aromatic rings. The minimum absolute atomic E-state index is 0. The topological polar surface area (TPSA) is 67.4 Å². The number of amides is 1. The summed E-state index contributed by atoms with van der Waals surface area (Å²) in [6.07, 6.45) is 1.23. The molecule has 0 saturated carbocycles. The minimum Gasteiger partial charge on any atom is -0.467 e. The van der Waals surface area contributed by atoms with Crippen LogP contribution in [0.25, 0.3) is 0 Å². The van der Waals surface area contributed by atoms with Gasteiger partial charge < -0.3 is 15.4 Å². The van der Waals surface area contributed by atoms with E-state index in [2.05, 4.69) is 10.6 Å². The van der Waals surface area contributed by atoms with Gasteiger partial charge >= 0.3 is 5.97 Å². The molecule has 0 aromatic heterocycles. The van der Waals surface area contributed by atoms with Gasteiger partial charge in [-0.05, 0) is 5.92 Å². The minimum atomic E-state index is -0.543. The zero-order valence-corrected chi connectivity index (χ0v) is 13.9. The highest BCUT2D eigenvalue weighted by Gasteiger charge is 2.27. The summed E-state index contributed by atoms with van der Waals surface area (Å²) in [5.41, 5.74) is 0. The molecule has 5 nitrogen and oxygen atoms in total. The van der Waals surface area contributed by atoms with Gasteiger partial charge in [-0.3, -0.25) is 4.79 Å². The fraction of sp³-hybridized carbons (Fsp3) is 0.846. The van der Waals surface area contributed by atoms with Crippen LogP contribution < -0.4 is 10.6 Å². The standard InChI is InChI=1S/C13H24N2O3S.ClH/c1-4-9(2)12(13(17)18-3)15-11(16)7-10-8-19-6-5-14-10;/h9-10,12,14H,4-8H2,1-3H3,(H,15,16);1H/t9-,10?,12-;/m0./s1. The van der Waals surface area contributed by atoms with Crippen molar-refractivity contribution in [3.05, 3.63) is 0 Å². The molecule has 1 heterocycles. The molecular weight excluding hydrogens is 300 g/mol. The molecule has 2 N–H and O–H groups in total. The smallest absolute Gasteiger partial charge is 0.328 e. The van der Waals surface area contributed by atoms with E-state index in [9.17, 15) is 9.59 Å². The molecule has 1 aliphatic heterocycles. The maximum absolute atomic E-state index is 12.0. The highest BCUT2D eigenvalue weighted by molar-refractivity contribution is 7.99. The van der Waals surface area contributed by atoms with Crippen LogP contribution in [0.3, 0.4) is 0 Å². The summed E-state index contributed by atoms with van der Waals surface area (Å²) in [7, 11) is 1.35. The maximum Gasteiger partial charge on any atom is 0.328 e. The van der Waals surface area contributed by atoms with E-state index in [0.717, 1.165) is 24.5 Å². The van der Waals surface area contributed by atoms with Crippen molar-refractivity contribution < 1.29 is 14.3 Å². The van der Waals surface area contributed by atoms with Crippen molar-refractivity contribution in [3.63, 3.8) is 0 Å². The molecule has 7 heteroatoms. The van der Waals surface area contributed by atoms with E-state index < -0.39 is 6.04 Å². The lowest BCUT2D eigenvalue weighted by atomic mass is 9.99. The van der Waals surface area contributed by atoms with Gasteiger partial charge in [0.25, 0.3) is 0 Å². The number of thioether (sulfide) groups is 1. The van der Waals surface area contributed by atoms with Crippen molar-refractivity contribution in [2.24, 2.45) is 5.92 Å². The quantitative estimate of drug-likeness (QED) is 0.719. The summed E-state index contributed by atoms with van der Waals surface area (Å²) < 4.78 is 4.75. The van der Waals surface area contributed by atoms with Crippen molar-refractivity contribution in [1.29, 1.82) is 0 Å². The third-order valence-corrected chi connectivity index (χ3v) is 4.55. The van der Waals surface area contributed by atoms with E-state index in [1.807, 2.05) is 25.6 Å². The third-order valence-electron chi connectivity index (χ3n) is 3.41. The van der Waals surface area contributed by atoms with Gasteiger partial charge in [0.2, 0.25) is 5.91 Å². The van der Waals surface area contributed by atoms with Gasteiger partial charge in [-0.25, -0.2) is 4.79 Å². The number of hydrogen-bond acceptors (Lipinski definition) is 5. The highest BCUT2D eigenvalue weighted by Crippen LogP contribution is 2.12. The van der Waals surface area contributed by atoms with E-state index in [1.165, 1.54) is 7.11 Å². The van der Waals surface area contributed by atoms with Crippen molar-refractivity contribution in [1.82, 2.24) is 10.6 Å². The maximum atomic E-state index is 12.0. The second kappa shape index (κ2) is 10.3. The molecule has 1 rings (SSSR count). The van der Waals surface area contributed by atoms with Crippen molar-refractivity contribution >= 4 is 36.0 Å². The molecule has 0 spiro atoms. The number of halogens is 1. The molecule has 1 fully saturated rings. The van der Waals surface area contributed by atoms with Crippen LogP contribution in [0.5, 0.6) is 0 Å². The lowest BCUT2D eigenvalue weighted by molar-refractivity contribution is -0.146. The monoisotopic (exact) mass is 324 g/mol. The average molecular weight is 325 g/mol. The highest BCUT2D eigenvalue weighted by atomic mass is 35.5. The van der Waals surface area contributed by atoms with Crippen LogP contribution in [0.1, 0.15) is 26.7 Å². The van der Waals surface area contributed by atoms with Crippen LogP contribution in [0.15, 0.2) is 0 Å². The van der Waals surface area contributed by atoms with Crippen LogP contribution in [0, 0.1) is 5.92 Å². The van der Waals surface area contributed by atoms with Crippen LogP contribution in [-0.2, 0) is 14.3 Å². The Kier molecular flexibility index (Phi) is 10.1. The van der Waals surface area contributed by atoms with Crippen LogP contribution in [0.2, 0.25) is 0 Å². The van der Waals surface area contributed by atoms with E-state index in [4.69, 9.17) is 4.74 Å². The summed E-state index contributed by atoms with van der Waals surface area (Å²) in [6.45, 7) is 4.87. The van der Waals surface area contributed by atoms with E-state index >= 15 is 0 Å². The molecule has 1 amide bonds. The summed E-state index contributed by atoms with van der Waals surface area (Å²) in [6, 6.07) is -0.340. The SMILES string of the molecule is CC[C@H](C)[C@H](NC(=O)CC1CSCCN1)C(=O)OC.Cl. The number of ether oxygens (including phenoxy) is 1. The Balaban J connectivity index is 0.00000361. The van der Waals surface area contributed by atoms with Gasteiger partial charge in [0.15, 0.2) is 0 Å². The lowest BCUT2D eigenvalue weighted by Crippen LogP contribution is -2.48. The molecule has 1 unspecified atom stereocenters. The zero-order chi connectivity index (χ0) is 14.3. The first-order valence-electron chi connectivity index (χ1n) is 6.76. The predicted molar refractivity (Wildman–Crippen MR) is 84.4 cm³/mol. The largest absolute Gasteiger partial charge is 0.467 e. The first-order chi connectivity index (χ1) is 9.08. The van der Waals surface area contributed by atoms with E-state index in [0.29, 0.717) is 6.42 Å². The molecule has 0 aliphatic carbocycles. The van der Waals surface area contributed by atoms with Gasteiger partial charge in [0.05, 0.1) is 7.11 Å². The van der Waals surface area contributed by atoms with Crippen molar-refractivity contribution in [2.45, 2.75) is 38.8 Å². The summed E-state index contributed by atoms with van der Waals surface area (Å²) in [5.74, 6) is 1.66. The predicted octanol–water partition coefficient (Wildman–Crippen LogP) is 1.21. The lowest BCUT2D eigenvalue weighted by Gasteiger charge is -2.25. The Morgan fingerprint density at radius 2 is 2.20 bits per heavy atom. The number of carbonyl (C=O) groups is 2. The van der Waals surface area contributed by atoms with Gasteiger partial charge in [0, 0.05) is 30.5 Å². The number of carbonyl (C=O) groups excluding carboxylic acids is 2. The average Bonchev–Trinajstić information content (AvgIpc) is 2.44. The molecule has 0 aromatic carbocycles. The summed E-state index contributed by atoms with van der Waals surface area (Å²) >= 11 is 1.85. The van der Waals surface area contributed by atoms with Crippen molar-refractivity contribution in [3.8, 4) is 0 Å². The summed E-state index contributed by atoms with van der Waals surface area (Å²) in [5, 5.41) is 6.11. The van der Waals surface area contributed by atoms with Crippen LogP contribution in [-0.4, -0.2) is 49.1 Å². The van der Waals surface area contributed by atoms with Crippen molar-refractivity contribution in [2.75, 3.05) is 25.2 Å². The van der Waals surface area contributed by atoms with Crippen LogP contribution in [0.4, 0.5) is 0 Å². The first kappa shape index (κ1) is 19.5. The Hall–Kier alpha value is -0.460. The summed E-state index contributed by atoms with van der Waals surface area (Å²) in [4.78, 5) is 23.7. The molecule has 118 valence electrons. The molecular formula is C13H25ClN2O3S. The van der Waals surface area contributed by atoms with Gasteiger partial charge in [-0.2, -0.15) is 11.8 Å². The Bertz CT molecular complexity index is 312. The van der Waals surface area contributed by atoms with E-state index in [1.54, 1.807) is 0 Å². The van der Waals surface area contributed by atoms with Gasteiger partial charge in [-0.15, -0.1) is 12.4 Å². The fourth-order valence-electron chi connectivity index (χ4n) is 2.00. The van der Waals surface area contributed by atoms with E-state index in [-0.39, 0.29) is 36.2 Å². The third kappa shape index (κ3) is 6.33. The molecule has 1 saturated heterocycles. The molecule has 1 aliphatic rings. The first-order valence-corrected chi connectivity index (χ1v) is 7.92. The molecule has 20 heavy (non-hydrogen) atoms. The number of nitrogens with one attached hydrogen (secondary N) is 2. The molecule has 3 atom stereocenters. The van der Waals surface area contributed by atoms with Crippen LogP contribution >= 0.6 is 24.2 Å². The number of esters is 1. The van der Waals surface area contributed by atoms with Gasteiger partial charge in [0.1, 0.15) is 6.04 Å². The van der Waals surface area contributed by atoms with Gasteiger partial charge in [-0.1, -0.05) is 20.3 Å². The fourth-order valence-corrected chi connectivity index (χ4v) is 2.95. The molecule has 0 bridgehead atoms. The normalized spacial score (nSPS) is 21.2. The number of rotatable bonds is 6. The zero-order valence-electron chi connectivity index (χ0n) is 12.3. The Morgan fingerprint density at radius 3 is 2.70 bits per heavy atom. The number of methoxy groups -OCH3 is 1. The second-order valence-corrected chi connectivity index (χ2v) is 6.03.